The van der Waals surface area contributed by atoms with Crippen molar-refractivity contribution < 1.29 is 4.79 Å². The van der Waals surface area contributed by atoms with Crippen molar-refractivity contribution in [3.63, 3.8) is 0 Å². The molecule has 1 amide bonds. The Bertz CT molecular complexity index is 846. The molecule has 0 bridgehead atoms. The first-order chi connectivity index (χ1) is 9.63. The van der Waals surface area contributed by atoms with E-state index in [4.69, 9.17) is 23.2 Å². The molecular formula is C15H10Cl2N2O. The number of hydrogen-bond acceptors (Lipinski definition) is 2. The minimum absolute atomic E-state index is 0.217. The Morgan fingerprint density at radius 3 is 2.65 bits per heavy atom. The van der Waals surface area contributed by atoms with Gasteiger partial charge in [0.25, 0.3) is 5.91 Å². The summed E-state index contributed by atoms with van der Waals surface area (Å²) in [6.07, 6.45) is 0. The second kappa shape index (κ2) is 4.93. The lowest BCUT2D eigenvalue weighted by Crippen LogP contribution is -2.18. The normalized spacial score (nSPS) is 10.9. The SMILES string of the molecule is CNC(=O)c1ccc(Cl)c2c(Cl)c3ccccc3nc12. The van der Waals surface area contributed by atoms with Crippen molar-refractivity contribution in [2.45, 2.75) is 0 Å². The van der Waals surface area contributed by atoms with Crippen molar-refractivity contribution in [3.8, 4) is 0 Å². The summed E-state index contributed by atoms with van der Waals surface area (Å²) in [5, 5.41) is 5.01. The average Bonchev–Trinajstić information content (AvgIpc) is 2.47. The molecule has 0 saturated carbocycles. The van der Waals surface area contributed by atoms with Crippen LogP contribution in [0.25, 0.3) is 21.8 Å². The summed E-state index contributed by atoms with van der Waals surface area (Å²) in [5.74, 6) is -0.217. The number of amides is 1. The van der Waals surface area contributed by atoms with Crippen molar-refractivity contribution in [1.29, 1.82) is 0 Å². The second-order valence-corrected chi connectivity index (χ2v) is 5.13. The van der Waals surface area contributed by atoms with Crippen LogP contribution in [0, 0.1) is 0 Å². The summed E-state index contributed by atoms with van der Waals surface area (Å²) in [4.78, 5) is 16.5. The zero-order chi connectivity index (χ0) is 14.3. The van der Waals surface area contributed by atoms with E-state index >= 15 is 0 Å². The fourth-order valence-corrected chi connectivity index (χ4v) is 2.87. The average molecular weight is 305 g/mol. The Morgan fingerprint density at radius 2 is 1.90 bits per heavy atom. The number of nitrogens with zero attached hydrogens (tertiary/aromatic N) is 1. The summed E-state index contributed by atoms with van der Waals surface area (Å²) in [6.45, 7) is 0. The maximum Gasteiger partial charge on any atom is 0.253 e. The van der Waals surface area contributed by atoms with Gasteiger partial charge in [-0.15, -0.1) is 0 Å². The molecule has 0 aliphatic rings. The molecule has 3 nitrogen and oxygen atoms in total. The van der Waals surface area contributed by atoms with Crippen LogP contribution >= 0.6 is 23.2 Å². The lowest BCUT2D eigenvalue weighted by molar-refractivity contribution is 0.0964. The number of rotatable bonds is 1. The number of carbonyl (C=O) groups excluding carboxylic acids is 1. The third-order valence-corrected chi connectivity index (χ3v) is 3.90. The second-order valence-electron chi connectivity index (χ2n) is 4.34. The van der Waals surface area contributed by atoms with Gasteiger partial charge in [-0.05, 0) is 18.2 Å². The van der Waals surface area contributed by atoms with E-state index in [2.05, 4.69) is 10.3 Å². The first kappa shape index (κ1) is 13.2. The molecule has 0 spiro atoms. The summed E-state index contributed by atoms with van der Waals surface area (Å²) >= 11 is 12.7. The number of para-hydroxylation sites is 1. The Balaban J connectivity index is 2.53. The maximum absolute atomic E-state index is 11.9. The Morgan fingerprint density at radius 1 is 1.15 bits per heavy atom. The molecule has 2 aromatic carbocycles. The zero-order valence-electron chi connectivity index (χ0n) is 10.6. The molecule has 0 aliphatic heterocycles. The van der Waals surface area contributed by atoms with E-state index in [1.165, 1.54) is 0 Å². The molecule has 0 unspecified atom stereocenters. The number of pyridine rings is 1. The minimum atomic E-state index is -0.217. The molecule has 5 heteroatoms. The zero-order valence-corrected chi connectivity index (χ0v) is 12.1. The summed E-state index contributed by atoms with van der Waals surface area (Å²) < 4.78 is 0. The Labute approximate surface area is 125 Å². The third-order valence-electron chi connectivity index (χ3n) is 3.19. The molecule has 20 heavy (non-hydrogen) atoms. The molecule has 3 aromatic rings. The minimum Gasteiger partial charge on any atom is -0.355 e. The first-order valence-corrected chi connectivity index (χ1v) is 6.77. The van der Waals surface area contributed by atoms with E-state index in [1.807, 2.05) is 24.3 Å². The lowest BCUT2D eigenvalue weighted by Gasteiger charge is -2.10. The smallest absolute Gasteiger partial charge is 0.253 e. The fraction of sp³-hybridized carbons (Fsp3) is 0.0667. The van der Waals surface area contributed by atoms with Crippen molar-refractivity contribution in [1.82, 2.24) is 10.3 Å². The predicted octanol–water partition coefficient (Wildman–Crippen LogP) is 4.05. The summed E-state index contributed by atoms with van der Waals surface area (Å²) in [6, 6.07) is 10.8. The molecule has 1 heterocycles. The van der Waals surface area contributed by atoms with Gasteiger partial charge in [0, 0.05) is 17.8 Å². The molecule has 1 N–H and O–H groups in total. The number of hydrogen-bond donors (Lipinski definition) is 1. The van der Waals surface area contributed by atoms with Crippen LogP contribution < -0.4 is 5.32 Å². The van der Waals surface area contributed by atoms with Crippen molar-refractivity contribution in [2.24, 2.45) is 0 Å². The van der Waals surface area contributed by atoms with Gasteiger partial charge in [0.15, 0.2) is 0 Å². The number of benzene rings is 2. The Kier molecular flexibility index (Phi) is 3.24. The van der Waals surface area contributed by atoms with Gasteiger partial charge in [-0.2, -0.15) is 0 Å². The van der Waals surface area contributed by atoms with Gasteiger partial charge in [0.05, 0.1) is 26.6 Å². The predicted molar refractivity (Wildman–Crippen MR) is 82.7 cm³/mol. The van der Waals surface area contributed by atoms with Gasteiger partial charge in [-0.3, -0.25) is 4.79 Å². The largest absolute Gasteiger partial charge is 0.355 e. The number of halogens is 2. The monoisotopic (exact) mass is 304 g/mol. The van der Waals surface area contributed by atoms with E-state index < -0.39 is 0 Å². The van der Waals surface area contributed by atoms with Crippen LogP contribution in [0.5, 0.6) is 0 Å². The highest BCUT2D eigenvalue weighted by Gasteiger charge is 2.16. The highest BCUT2D eigenvalue weighted by atomic mass is 35.5. The first-order valence-electron chi connectivity index (χ1n) is 6.02. The number of carbonyl (C=O) groups is 1. The summed E-state index contributed by atoms with van der Waals surface area (Å²) in [7, 11) is 1.57. The van der Waals surface area contributed by atoms with E-state index in [1.54, 1.807) is 19.2 Å². The molecule has 3 rings (SSSR count). The van der Waals surface area contributed by atoms with Gasteiger partial charge in [-0.1, -0.05) is 41.4 Å². The van der Waals surface area contributed by atoms with Crippen molar-refractivity contribution in [3.05, 3.63) is 52.0 Å². The van der Waals surface area contributed by atoms with Crippen LogP contribution in [0.15, 0.2) is 36.4 Å². The molecule has 0 radical (unpaired) electrons. The van der Waals surface area contributed by atoms with Crippen LogP contribution in [0.3, 0.4) is 0 Å². The standard InChI is InChI=1S/C15H10Cl2N2O/c1-18-15(20)9-6-7-10(16)12-13(17)8-4-2-3-5-11(8)19-14(9)12/h2-7H,1H3,(H,18,20). The molecule has 0 aliphatic carbocycles. The highest BCUT2D eigenvalue weighted by molar-refractivity contribution is 6.45. The van der Waals surface area contributed by atoms with Crippen LogP contribution in [-0.4, -0.2) is 17.9 Å². The van der Waals surface area contributed by atoms with Crippen LogP contribution in [0.1, 0.15) is 10.4 Å². The van der Waals surface area contributed by atoms with E-state index in [9.17, 15) is 4.79 Å². The molecule has 0 saturated heterocycles. The summed E-state index contributed by atoms with van der Waals surface area (Å²) in [5.41, 5.74) is 1.71. The van der Waals surface area contributed by atoms with Gasteiger partial charge in [0.2, 0.25) is 0 Å². The van der Waals surface area contributed by atoms with E-state index in [-0.39, 0.29) is 5.91 Å². The van der Waals surface area contributed by atoms with E-state index in [0.717, 1.165) is 10.9 Å². The topological polar surface area (TPSA) is 42.0 Å². The molecule has 100 valence electrons. The number of aromatic nitrogens is 1. The lowest BCUT2D eigenvalue weighted by atomic mass is 10.1. The van der Waals surface area contributed by atoms with Gasteiger partial charge in [0.1, 0.15) is 0 Å². The molecular weight excluding hydrogens is 295 g/mol. The number of nitrogens with one attached hydrogen (secondary N) is 1. The molecule has 1 aromatic heterocycles. The Hall–Kier alpha value is -1.84. The quantitative estimate of drug-likeness (QED) is 0.689. The van der Waals surface area contributed by atoms with Crippen LogP contribution in [0.2, 0.25) is 10.0 Å². The maximum atomic E-state index is 11.9. The fourth-order valence-electron chi connectivity index (χ4n) is 2.22. The van der Waals surface area contributed by atoms with Gasteiger partial charge in [-0.25, -0.2) is 4.98 Å². The van der Waals surface area contributed by atoms with Crippen molar-refractivity contribution >= 4 is 50.9 Å². The number of fused-ring (bicyclic) bond motifs is 2. The van der Waals surface area contributed by atoms with Gasteiger partial charge >= 0.3 is 0 Å². The molecule has 0 fully saturated rings. The molecule has 0 atom stereocenters. The van der Waals surface area contributed by atoms with Crippen LogP contribution in [0.4, 0.5) is 0 Å². The van der Waals surface area contributed by atoms with Gasteiger partial charge < -0.3 is 5.32 Å². The highest BCUT2D eigenvalue weighted by Crippen LogP contribution is 2.36. The van der Waals surface area contributed by atoms with E-state index in [0.29, 0.717) is 26.5 Å². The van der Waals surface area contributed by atoms with Crippen LogP contribution in [-0.2, 0) is 0 Å². The third kappa shape index (κ3) is 1.90. The van der Waals surface area contributed by atoms with Crippen molar-refractivity contribution in [2.75, 3.05) is 7.05 Å².